The van der Waals surface area contributed by atoms with E-state index in [0.29, 0.717) is 0 Å². The van der Waals surface area contributed by atoms with Crippen LogP contribution in [-0.2, 0) is 0 Å². The number of nitrogens with one attached hydrogen (secondary N) is 1. The van der Waals surface area contributed by atoms with Crippen LogP contribution in [0.25, 0.3) is 0 Å². The van der Waals surface area contributed by atoms with Crippen LogP contribution in [0.3, 0.4) is 0 Å². The van der Waals surface area contributed by atoms with Gasteiger partial charge in [-0.05, 0) is 6.42 Å². The lowest BCUT2D eigenvalue weighted by atomic mass is 10.5. The predicted octanol–water partition coefficient (Wildman–Crippen LogP) is 0.215. The molecule has 0 fully saturated rings. The van der Waals surface area contributed by atoms with E-state index < -0.39 is 0 Å². The minimum Gasteiger partial charge on any atom is -0.296 e. The normalized spacial score (nSPS) is 22.9. The van der Waals surface area contributed by atoms with Crippen molar-refractivity contribution in [3.8, 4) is 0 Å². The van der Waals surface area contributed by atoms with Gasteiger partial charge < -0.3 is 0 Å². The van der Waals surface area contributed by atoms with E-state index in [1.807, 2.05) is 25.3 Å². The van der Waals surface area contributed by atoms with Crippen LogP contribution in [-0.4, -0.2) is 36.9 Å². The van der Waals surface area contributed by atoms with Crippen LogP contribution in [0.1, 0.15) is 6.42 Å². The molecule has 0 atom stereocenters. The third-order valence-corrected chi connectivity index (χ3v) is 1.64. The molecule has 62 valence electrons. The maximum absolute atomic E-state index is 4.14. The summed E-state index contributed by atoms with van der Waals surface area (Å²) in [5, 5.41) is 7.76. The lowest BCUT2D eigenvalue weighted by Gasteiger charge is -2.28. The van der Waals surface area contributed by atoms with Crippen molar-refractivity contribution in [3.05, 3.63) is 12.4 Å². The molecule has 0 saturated heterocycles. The van der Waals surface area contributed by atoms with Crippen LogP contribution in [0.15, 0.2) is 17.5 Å². The van der Waals surface area contributed by atoms with E-state index in [2.05, 4.69) is 17.1 Å². The predicted molar refractivity (Wildman–Crippen MR) is 45.8 cm³/mol. The van der Waals surface area contributed by atoms with Crippen molar-refractivity contribution in [2.75, 3.05) is 20.6 Å². The highest BCUT2D eigenvalue weighted by Gasteiger charge is 2.06. The molecule has 0 unspecified atom stereocenters. The third kappa shape index (κ3) is 1.94. The Bertz CT molecular complexity index is 175. The van der Waals surface area contributed by atoms with Gasteiger partial charge in [-0.25, -0.2) is 5.43 Å². The molecule has 1 heterocycles. The third-order valence-electron chi connectivity index (χ3n) is 1.64. The van der Waals surface area contributed by atoms with Gasteiger partial charge in [-0.1, -0.05) is 6.58 Å². The first-order valence-electron chi connectivity index (χ1n) is 3.64. The van der Waals surface area contributed by atoms with Crippen LogP contribution in [0.2, 0.25) is 0 Å². The quantitative estimate of drug-likeness (QED) is 0.541. The molecule has 0 aliphatic carbocycles. The van der Waals surface area contributed by atoms with E-state index >= 15 is 0 Å². The first-order chi connectivity index (χ1) is 5.22. The molecular formula is C7H14N4. The van der Waals surface area contributed by atoms with Gasteiger partial charge in [-0.3, -0.25) is 10.0 Å². The van der Waals surface area contributed by atoms with Crippen LogP contribution in [0.4, 0.5) is 0 Å². The zero-order valence-corrected chi connectivity index (χ0v) is 7.04. The number of hydrazine groups is 1. The van der Waals surface area contributed by atoms with E-state index in [0.717, 1.165) is 18.8 Å². The summed E-state index contributed by atoms with van der Waals surface area (Å²) in [6, 6.07) is 0. The van der Waals surface area contributed by atoms with Gasteiger partial charge in [-0.2, -0.15) is 5.10 Å². The number of nitrogens with zero attached hydrogens (tertiary/aromatic N) is 3. The Balaban J connectivity index is 2.64. The van der Waals surface area contributed by atoms with Crippen LogP contribution >= 0.6 is 0 Å². The van der Waals surface area contributed by atoms with Gasteiger partial charge in [0.1, 0.15) is 5.82 Å². The van der Waals surface area contributed by atoms with Gasteiger partial charge >= 0.3 is 0 Å². The van der Waals surface area contributed by atoms with Crippen LogP contribution in [0.5, 0.6) is 0 Å². The summed E-state index contributed by atoms with van der Waals surface area (Å²) >= 11 is 0. The maximum Gasteiger partial charge on any atom is 0.131 e. The number of rotatable bonds is 0. The van der Waals surface area contributed by atoms with E-state index in [1.54, 1.807) is 5.01 Å². The SMILES string of the molecule is C=C1N(C)/N=C/CCNN1C. The Hall–Kier alpha value is -1.03. The van der Waals surface area contributed by atoms with Gasteiger partial charge in [0, 0.05) is 26.9 Å². The maximum atomic E-state index is 4.14. The van der Waals surface area contributed by atoms with Crippen molar-refractivity contribution in [3.63, 3.8) is 0 Å². The summed E-state index contributed by atoms with van der Waals surface area (Å²) in [7, 11) is 3.81. The molecule has 0 aromatic rings. The van der Waals surface area contributed by atoms with Crippen molar-refractivity contribution in [2.24, 2.45) is 5.10 Å². The lowest BCUT2D eigenvalue weighted by Crippen LogP contribution is -2.39. The van der Waals surface area contributed by atoms with Gasteiger partial charge in [0.25, 0.3) is 0 Å². The molecule has 1 aliphatic heterocycles. The van der Waals surface area contributed by atoms with Crippen molar-refractivity contribution in [1.82, 2.24) is 15.4 Å². The zero-order valence-electron chi connectivity index (χ0n) is 7.04. The second-order valence-corrected chi connectivity index (χ2v) is 2.49. The molecule has 0 aromatic carbocycles. The molecule has 0 bridgehead atoms. The molecule has 1 N–H and O–H groups in total. The minimum atomic E-state index is 0.848. The van der Waals surface area contributed by atoms with E-state index in [-0.39, 0.29) is 0 Å². The van der Waals surface area contributed by atoms with Crippen molar-refractivity contribution >= 4 is 6.21 Å². The Morgan fingerprint density at radius 1 is 1.64 bits per heavy atom. The second kappa shape index (κ2) is 3.39. The Kier molecular flexibility index (Phi) is 2.48. The van der Waals surface area contributed by atoms with Crippen LogP contribution in [0, 0.1) is 0 Å². The van der Waals surface area contributed by atoms with Crippen molar-refractivity contribution in [2.45, 2.75) is 6.42 Å². The second-order valence-electron chi connectivity index (χ2n) is 2.49. The summed E-state index contributed by atoms with van der Waals surface area (Å²) in [6.07, 6.45) is 2.83. The van der Waals surface area contributed by atoms with Crippen molar-refractivity contribution < 1.29 is 0 Å². The van der Waals surface area contributed by atoms with Crippen molar-refractivity contribution in [1.29, 1.82) is 0 Å². The number of hydrazone groups is 1. The summed E-state index contributed by atoms with van der Waals surface area (Å²) in [6.45, 7) is 4.76. The number of hydrogen-bond donors (Lipinski definition) is 1. The summed E-state index contributed by atoms with van der Waals surface area (Å²) in [4.78, 5) is 0. The topological polar surface area (TPSA) is 30.9 Å². The average Bonchev–Trinajstić information content (AvgIpc) is 2.00. The van der Waals surface area contributed by atoms with Gasteiger partial charge in [0.15, 0.2) is 0 Å². The lowest BCUT2D eigenvalue weighted by molar-refractivity contribution is 0.210. The molecule has 0 radical (unpaired) electrons. The Labute approximate surface area is 67.1 Å². The largest absolute Gasteiger partial charge is 0.296 e. The molecule has 1 aliphatic rings. The molecule has 0 saturated carbocycles. The molecular weight excluding hydrogens is 140 g/mol. The Morgan fingerprint density at radius 2 is 2.36 bits per heavy atom. The fourth-order valence-electron chi connectivity index (χ4n) is 0.852. The molecule has 4 heteroatoms. The van der Waals surface area contributed by atoms with Crippen LogP contribution < -0.4 is 5.43 Å². The Morgan fingerprint density at radius 3 is 3.09 bits per heavy atom. The highest BCUT2D eigenvalue weighted by Crippen LogP contribution is 2.02. The standard InChI is InChI=1S/C7H14N4/c1-7-10(2)8-5-4-6-9-11(7)3/h5,9H,1,4,6H2,2-3H3/b8-5+. The van der Waals surface area contributed by atoms with E-state index in [1.165, 1.54) is 0 Å². The monoisotopic (exact) mass is 154 g/mol. The van der Waals surface area contributed by atoms with Gasteiger partial charge in [0.2, 0.25) is 0 Å². The fourth-order valence-corrected chi connectivity index (χ4v) is 0.852. The smallest absolute Gasteiger partial charge is 0.131 e. The summed E-state index contributed by atoms with van der Waals surface area (Å²) in [5.41, 5.74) is 3.17. The summed E-state index contributed by atoms with van der Waals surface area (Å²) < 4.78 is 0. The van der Waals surface area contributed by atoms with Gasteiger partial charge in [-0.15, -0.1) is 0 Å². The molecule has 11 heavy (non-hydrogen) atoms. The highest BCUT2D eigenvalue weighted by atomic mass is 15.6. The zero-order chi connectivity index (χ0) is 8.27. The highest BCUT2D eigenvalue weighted by molar-refractivity contribution is 5.57. The first-order valence-corrected chi connectivity index (χ1v) is 3.64. The summed E-state index contributed by atoms with van der Waals surface area (Å²) in [5.74, 6) is 0.848. The first kappa shape index (κ1) is 8.07. The van der Waals surface area contributed by atoms with E-state index in [4.69, 9.17) is 0 Å². The van der Waals surface area contributed by atoms with E-state index in [9.17, 15) is 0 Å². The minimum absolute atomic E-state index is 0.848. The number of hydrogen-bond acceptors (Lipinski definition) is 4. The molecule has 0 spiro atoms. The fraction of sp³-hybridized carbons (Fsp3) is 0.571. The molecule has 0 aromatic heterocycles. The average molecular weight is 154 g/mol. The van der Waals surface area contributed by atoms with Gasteiger partial charge in [0.05, 0.1) is 0 Å². The molecule has 1 rings (SSSR count). The molecule has 4 nitrogen and oxygen atoms in total. The molecule has 0 amide bonds.